The quantitative estimate of drug-likeness (QED) is 0.0577. The predicted octanol–water partition coefficient (Wildman–Crippen LogP) is -1.60. The van der Waals surface area contributed by atoms with Gasteiger partial charge in [0, 0.05) is 24.7 Å². The Bertz CT molecular complexity index is 1210. The minimum atomic E-state index is -3.26. The van der Waals surface area contributed by atoms with E-state index in [1.54, 1.807) is 0 Å². The molecule has 0 bridgehead atoms. The second-order valence-electron chi connectivity index (χ2n) is 12.0. The Hall–Kier alpha value is -3.49. The molecule has 1 aromatic rings. The van der Waals surface area contributed by atoms with Crippen molar-refractivity contribution in [2.75, 3.05) is 31.6 Å². The van der Waals surface area contributed by atoms with Crippen molar-refractivity contribution >= 4 is 29.5 Å². The van der Waals surface area contributed by atoms with Gasteiger partial charge in [-0.05, 0) is 49.8 Å². The van der Waals surface area contributed by atoms with Crippen molar-refractivity contribution in [3.05, 3.63) is 29.8 Å². The summed E-state index contributed by atoms with van der Waals surface area (Å²) in [5, 5.41) is 60.1. The van der Waals surface area contributed by atoms with Gasteiger partial charge >= 0.3 is 17.8 Å². The lowest BCUT2D eigenvalue weighted by Crippen LogP contribution is -2.66. The summed E-state index contributed by atoms with van der Waals surface area (Å²) in [4.78, 5) is 47.9. The standard InChI is InChI=1S/C30H49FN6O11/c1-15(2)22(32)26(42)34-12-10-17(5-4-11-35-29(33)45)25(41)36-19-8-6-18(7-9-19)27(48-21(13-38)16(3)39)37-20-14-47-30(46,28(43)44)24(31)23(20)40/h6-9,15-17,20-24,27,37-40,46H,4-5,10-14,32H2,1-3H3,(H,34,42)(H,36,41)(H,43,44)(H3,33,35,45)/t16?,17?,20-,21+,22?,23+,24+,27?,30?/m0/s1. The van der Waals surface area contributed by atoms with Gasteiger partial charge in [0.15, 0.2) is 6.17 Å². The Morgan fingerprint density at radius 2 is 1.73 bits per heavy atom. The average Bonchev–Trinajstić information content (AvgIpc) is 3.03. The van der Waals surface area contributed by atoms with Crippen LogP contribution in [-0.2, 0) is 23.9 Å². The number of halogens is 1. The number of rotatable bonds is 19. The van der Waals surface area contributed by atoms with Crippen LogP contribution < -0.4 is 32.7 Å². The number of aliphatic hydroxyl groups excluding tert-OH is 3. The molecule has 0 saturated carbocycles. The van der Waals surface area contributed by atoms with Crippen LogP contribution in [0.2, 0.25) is 0 Å². The van der Waals surface area contributed by atoms with E-state index in [1.807, 2.05) is 13.8 Å². The number of aliphatic hydroxyl groups is 4. The maximum absolute atomic E-state index is 14.7. The van der Waals surface area contributed by atoms with Crippen molar-refractivity contribution in [3.8, 4) is 0 Å². The zero-order chi connectivity index (χ0) is 36.2. The van der Waals surface area contributed by atoms with Gasteiger partial charge in [-0.25, -0.2) is 14.0 Å². The molecule has 1 aliphatic heterocycles. The first-order valence-electron chi connectivity index (χ1n) is 15.6. The number of hydrogen-bond donors (Lipinski definition) is 11. The third kappa shape index (κ3) is 11.6. The van der Waals surface area contributed by atoms with E-state index < -0.39 is 79.7 Å². The van der Waals surface area contributed by atoms with Gasteiger partial charge in [-0.1, -0.05) is 26.0 Å². The Labute approximate surface area is 277 Å². The summed E-state index contributed by atoms with van der Waals surface area (Å²) >= 11 is 0. The van der Waals surface area contributed by atoms with E-state index in [4.69, 9.17) is 26.0 Å². The normalized spacial score (nSPS) is 24.2. The summed E-state index contributed by atoms with van der Waals surface area (Å²) in [7, 11) is 0. The molecule has 0 aromatic heterocycles. The molecule has 13 N–H and O–H groups in total. The van der Waals surface area contributed by atoms with Crippen LogP contribution in [-0.4, -0.2) is 118 Å². The Balaban J connectivity index is 2.19. The summed E-state index contributed by atoms with van der Waals surface area (Å²) in [6, 6.07) is 3.37. The smallest absolute Gasteiger partial charge is 0.367 e. The summed E-state index contributed by atoms with van der Waals surface area (Å²) in [6.07, 6.45) is -7.24. The number of carboxylic acid groups (broad SMARTS) is 1. The topological polar surface area (TPSA) is 288 Å². The molecule has 48 heavy (non-hydrogen) atoms. The number of benzene rings is 1. The first-order chi connectivity index (χ1) is 22.5. The monoisotopic (exact) mass is 688 g/mol. The molecule has 1 aromatic carbocycles. The highest BCUT2D eigenvalue weighted by Crippen LogP contribution is 2.29. The van der Waals surface area contributed by atoms with Crippen LogP contribution in [0.15, 0.2) is 24.3 Å². The lowest BCUT2D eigenvalue weighted by molar-refractivity contribution is -0.285. The molecule has 4 amide bonds. The van der Waals surface area contributed by atoms with Crippen LogP contribution in [0.5, 0.6) is 0 Å². The summed E-state index contributed by atoms with van der Waals surface area (Å²) < 4.78 is 25.4. The number of anilines is 1. The van der Waals surface area contributed by atoms with E-state index in [2.05, 4.69) is 21.3 Å². The van der Waals surface area contributed by atoms with Crippen molar-refractivity contribution in [1.29, 1.82) is 0 Å². The van der Waals surface area contributed by atoms with E-state index in [0.29, 0.717) is 24.1 Å². The first-order valence-corrected chi connectivity index (χ1v) is 15.6. The Morgan fingerprint density at radius 1 is 1.08 bits per heavy atom. The molecule has 5 unspecified atom stereocenters. The summed E-state index contributed by atoms with van der Waals surface area (Å²) in [5.74, 6) is -6.64. The molecule has 1 aliphatic rings. The van der Waals surface area contributed by atoms with Crippen LogP contribution >= 0.6 is 0 Å². The maximum atomic E-state index is 14.7. The number of urea groups is 1. The van der Waals surface area contributed by atoms with E-state index in [0.717, 1.165) is 0 Å². The van der Waals surface area contributed by atoms with E-state index in [9.17, 15) is 44.0 Å². The summed E-state index contributed by atoms with van der Waals surface area (Å²) in [5.41, 5.74) is 11.7. The van der Waals surface area contributed by atoms with E-state index in [-0.39, 0.29) is 37.2 Å². The van der Waals surface area contributed by atoms with Crippen molar-refractivity contribution in [2.45, 2.75) is 88.6 Å². The molecule has 18 heteroatoms. The fourth-order valence-electron chi connectivity index (χ4n) is 4.79. The highest BCUT2D eigenvalue weighted by Gasteiger charge is 2.56. The Morgan fingerprint density at radius 3 is 2.27 bits per heavy atom. The second-order valence-corrected chi connectivity index (χ2v) is 12.0. The minimum Gasteiger partial charge on any atom is -0.477 e. The lowest BCUT2D eigenvalue weighted by atomic mass is 9.96. The van der Waals surface area contributed by atoms with E-state index in [1.165, 1.54) is 31.2 Å². The first kappa shape index (κ1) is 40.7. The molecule has 0 spiro atoms. The van der Waals surface area contributed by atoms with Gasteiger partial charge in [0.05, 0.1) is 31.4 Å². The molecular weight excluding hydrogens is 639 g/mol. The molecular formula is C30H49FN6O11. The number of aliphatic carboxylic acids is 1. The average molecular weight is 689 g/mol. The summed E-state index contributed by atoms with van der Waals surface area (Å²) in [6.45, 7) is 4.16. The van der Waals surface area contributed by atoms with Gasteiger partial charge < -0.3 is 62.4 Å². The molecule has 1 saturated heterocycles. The minimum absolute atomic E-state index is 0.0766. The molecule has 0 radical (unpaired) electrons. The fraction of sp³-hybridized carbons (Fsp3) is 0.667. The molecule has 17 nitrogen and oxygen atoms in total. The lowest BCUT2D eigenvalue weighted by Gasteiger charge is -2.41. The van der Waals surface area contributed by atoms with Crippen LogP contribution in [0.25, 0.3) is 0 Å². The van der Waals surface area contributed by atoms with Crippen molar-refractivity contribution in [2.24, 2.45) is 23.3 Å². The fourth-order valence-corrected chi connectivity index (χ4v) is 4.79. The van der Waals surface area contributed by atoms with Crippen LogP contribution in [0, 0.1) is 11.8 Å². The van der Waals surface area contributed by atoms with Gasteiger partial charge in [-0.15, -0.1) is 0 Å². The number of carbonyl (C=O) groups excluding carboxylic acids is 3. The number of carbonyl (C=O) groups is 4. The highest BCUT2D eigenvalue weighted by atomic mass is 19.1. The molecule has 1 fully saturated rings. The Kier molecular flexibility index (Phi) is 16.0. The highest BCUT2D eigenvalue weighted by molar-refractivity contribution is 5.92. The SMILES string of the molecule is CC(C)C(N)C(=O)NCCC(CCCNC(N)=O)C(=O)Nc1ccc(C(N[C@H]2COC(O)(C(=O)O)[C@H](F)[C@@H]2O)O[C@H](CO)C(C)O)cc1. The van der Waals surface area contributed by atoms with Gasteiger partial charge in [-0.2, -0.15) is 0 Å². The molecule has 9 atom stereocenters. The third-order valence-corrected chi connectivity index (χ3v) is 7.96. The maximum Gasteiger partial charge on any atom is 0.367 e. The largest absolute Gasteiger partial charge is 0.477 e. The number of ether oxygens (including phenoxy) is 2. The van der Waals surface area contributed by atoms with Crippen LogP contribution in [0.4, 0.5) is 14.9 Å². The van der Waals surface area contributed by atoms with Crippen molar-refractivity contribution in [1.82, 2.24) is 16.0 Å². The molecule has 2 rings (SSSR count). The number of amides is 4. The zero-order valence-corrected chi connectivity index (χ0v) is 27.2. The number of carboxylic acids is 1. The number of nitrogens with two attached hydrogens (primary N) is 2. The second kappa shape index (κ2) is 18.9. The molecule has 0 aliphatic carbocycles. The number of alkyl halides is 1. The van der Waals surface area contributed by atoms with Gasteiger partial charge in [0.1, 0.15) is 18.4 Å². The van der Waals surface area contributed by atoms with Gasteiger partial charge in [0.25, 0.3) is 0 Å². The van der Waals surface area contributed by atoms with Crippen molar-refractivity contribution < 1.29 is 58.6 Å². The number of nitrogens with one attached hydrogen (secondary N) is 4. The number of hydrogen-bond acceptors (Lipinski definition) is 12. The van der Waals surface area contributed by atoms with Crippen LogP contribution in [0.1, 0.15) is 51.8 Å². The van der Waals surface area contributed by atoms with Gasteiger partial charge in [-0.3, -0.25) is 14.9 Å². The van der Waals surface area contributed by atoms with Crippen LogP contribution in [0.3, 0.4) is 0 Å². The van der Waals surface area contributed by atoms with Crippen molar-refractivity contribution in [3.63, 3.8) is 0 Å². The zero-order valence-electron chi connectivity index (χ0n) is 27.2. The number of primary amides is 1. The van der Waals surface area contributed by atoms with Gasteiger partial charge in [0.2, 0.25) is 11.8 Å². The molecule has 1 heterocycles. The third-order valence-electron chi connectivity index (χ3n) is 7.96. The molecule has 272 valence electrons. The predicted molar refractivity (Wildman–Crippen MR) is 169 cm³/mol. The van der Waals surface area contributed by atoms with E-state index >= 15 is 0 Å².